The first kappa shape index (κ1) is 10.7. The van der Waals surface area contributed by atoms with Gasteiger partial charge in [-0.25, -0.2) is 0 Å². The van der Waals surface area contributed by atoms with Crippen LogP contribution in [0.4, 0.5) is 5.69 Å². The third kappa shape index (κ3) is 2.80. The summed E-state index contributed by atoms with van der Waals surface area (Å²) in [6, 6.07) is 3.33. The van der Waals surface area contributed by atoms with Gasteiger partial charge in [0.15, 0.2) is 0 Å². The number of benzene rings is 1. The van der Waals surface area contributed by atoms with Crippen molar-refractivity contribution in [3.8, 4) is 0 Å². The smallest absolute Gasteiger partial charge is 0.0642 e. The van der Waals surface area contributed by atoms with Crippen molar-refractivity contribution in [2.75, 3.05) is 11.6 Å². The van der Waals surface area contributed by atoms with Gasteiger partial charge in [-0.2, -0.15) is 0 Å². The predicted molar refractivity (Wildman–Crippen MR) is 60.6 cm³/mol. The van der Waals surface area contributed by atoms with E-state index in [-0.39, 0.29) is 0 Å². The topological polar surface area (TPSA) is 26.0 Å². The number of hydrogen-bond donors (Lipinski definition) is 1. The Morgan fingerprint density at radius 2 is 1.92 bits per heavy atom. The van der Waals surface area contributed by atoms with Gasteiger partial charge >= 0.3 is 0 Å². The highest BCUT2D eigenvalue weighted by Gasteiger charge is 2.01. The van der Waals surface area contributed by atoms with Gasteiger partial charge in [-0.3, -0.25) is 0 Å². The minimum atomic E-state index is 0.443. The van der Waals surface area contributed by atoms with Crippen molar-refractivity contribution in [3.05, 3.63) is 33.8 Å². The van der Waals surface area contributed by atoms with Gasteiger partial charge in [0.25, 0.3) is 0 Å². The van der Waals surface area contributed by atoms with E-state index in [2.05, 4.69) is 0 Å². The number of anilines is 1. The summed E-state index contributed by atoms with van der Waals surface area (Å²) >= 11 is 17.2. The van der Waals surface area contributed by atoms with E-state index in [4.69, 9.17) is 40.5 Å². The Labute approximate surface area is 92.1 Å². The zero-order valence-electron chi connectivity index (χ0n) is 6.73. The van der Waals surface area contributed by atoms with Crippen LogP contribution in [0.5, 0.6) is 0 Å². The lowest BCUT2D eigenvalue weighted by atomic mass is 10.2. The summed E-state index contributed by atoms with van der Waals surface area (Å²) in [5.41, 5.74) is 6.85. The van der Waals surface area contributed by atoms with Crippen LogP contribution in [0, 0.1) is 0 Å². The summed E-state index contributed by atoms with van der Waals surface area (Å²) in [4.78, 5) is 0. The number of alkyl halides is 1. The van der Waals surface area contributed by atoms with Crippen molar-refractivity contribution >= 4 is 46.6 Å². The highest BCUT2D eigenvalue weighted by molar-refractivity contribution is 6.36. The number of allylic oxidation sites excluding steroid dienone is 1. The first-order valence-corrected chi connectivity index (χ1v) is 4.91. The molecule has 1 nitrogen and oxygen atoms in total. The zero-order chi connectivity index (χ0) is 9.84. The van der Waals surface area contributed by atoms with Gasteiger partial charge in [0.05, 0.1) is 10.7 Å². The molecule has 4 heteroatoms. The molecule has 70 valence electrons. The lowest BCUT2D eigenvalue weighted by Gasteiger charge is -2.02. The largest absolute Gasteiger partial charge is 0.397 e. The molecule has 1 rings (SSSR count). The summed E-state index contributed by atoms with van der Waals surface area (Å²) in [7, 11) is 0. The van der Waals surface area contributed by atoms with Crippen molar-refractivity contribution in [1.29, 1.82) is 0 Å². The minimum absolute atomic E-state index is 0.443. The lowest BCUT2D eigenvalue weighted by molar-refractivity contribution is 1.63. The quantitative estimate of drug-likeness (QED) is 0.613. The second-order valence-electron chi connectivity index (χ2n) is 2.45. The van der Waals surface area contributed by atoms with E-state index >= 15 is 0 Å². The first-order chi connectivity index (χ1) is 6.15. The monoisotopic (exact) mass is 235 g/mol. The maximum atomic E-state index is 5.90. The molecule has 2 N–H and O–H groups in total. The molecule has 0 unspecified atom stereocenters. The zero-order valence-corrected chi connectivity index (χ0v) is 9.00. The second kappa shape index (κ2) is 4.75. The Bertz CT molecular complexity index is 334. The van der Waals surface area contributed by atoms with E-state index in [1.807, 2.05) is 0 Å². The van der Waals surface area contributed by atoms with Gasteiger partial charge in [-0.05, 0) is 17.7 Å². The van der Waals surface area contributed by atoms with E-state index in [9.17, 15) is 0 Å². The van der Waals surface area contributed by atoms with Crippen molar-refractivity contribution < 1.29 is 0 Å². The first-order valence-electron chi connectivity index (χ1n) is 3.62. The molecule has 0 aliphatic heterocycles. The molecular formula is C9H8Cl3N. The Kier molecular flexibility index (Phi) is 3.91. The van der Waals surface area contributed by atoms with E-state index in [1.165, 1.54) is 0 Å². The molecule has 1 aromatic rings. The molecule has 0 aliphatic carbocycles. The minimum Gasteiger partial charge on any atom is -0.397 e. The van der Waals surface area contributed by atoms with Gasteiger partial charge in [0.2, 0.25) is 0 Å². The second-order valence-corrected chi connectivity index (χ2v) is 3.57. The fourth-order valence-corrected chi connectivity index (χ4v) is 1.37. The van der Waals surface area contributed by atoms with Crippen LogP contribution in [0.3, 0.4) is 0 Å². The lowest BCUT2D eigenvalue weighted by Crippen LogP contribution is -1.87. The summed E-state index contributed by atoms with van der Waals surface area (Å²) in [5, 5.41) is 1.07. The summed E-state index contributed by atoms with van der Waals surface area (Å²) in [6.45, 7) is 0. The Morgan fingerprint density at radius 1 is 1.23 bits per heavy atom. The average Bonchev–Trinajstić information content (AvgIpc) is 2.09. The number of nitrogen functional groups attached to an aromatic ring is 1. The van der Waals surface area contributed by atoms with Gasteiger partial charge < -0.3 is 5.73 Å². The van der Waals surface area contributed by atoms with Crippen LogP contribution < -0.4 is 5.73 Å². The molecule has 0 saturated carbocycles. The van der Waals surface area contributed by atoms with Gasteiger partial charge in [0, 0.05) is 10.9 Å². The normalized spacial score (nSPS) is 11.0. The van der Waals surface area contributed by atoms with E-state index in [0.717, 1.165) is 5.56 Å². The van der Waals surface area contributed by atoms with Crippen LogP contribution in [0.2, 0.25) is 10.0 Å². The molecule has 0 atom stereocenters. The molecule has 0 saturated heterocycles. The number of hydrogen-bond acceptors (Lipinski definition) is 1. The van der Waals surface area contributed by atoms with E-state index in [1.54, 1.807) is 24.3 Å². The van der Waals surface area contributed by atoms with Crippen LogP contribution >= 0.6 is 34.8 Å². The highest BCUT2D eigenvalue weighted by atomic mass is 35.5. The average molecular weight is 237 g/mol. The van der Waals surface area contributed by atoms with Crippen molar-refractivity contribution in [3.63, 3.8) is 0 Å². The Balaban J connectivity index is 3.08. The molecule has 0 radical (unpaired) electrons. The number of nitrogens with two attached hydrogens (primary N) is 1. The van der Waals surface area contributed by atoms with Gasteiger partial charge in [0.1, 0.15) is 0 Å². The van der Waals surface area contributed by atoms with Crippen molar-refractivity contribution in [2.24, 2.45) is 0 Å². The number of halogens is 3. The van der Waals surface area contributed by atoms with Crippen LogP contribution in [-0.4, -0.2) is 5.88 Å². The third-order valence-corrected chi connectivity index (χ3v) is 2.34. The van der Waals surface area contributed by atoms with Crippen molar-refractivity contribution in [1.82, 2.24) is 0 Å². The fourth-order valence-electron chi connectivity index (χ4n) is 0.877. The molecular weight excluding hydrogens is 228 g/mol. The van der Waals surface area contributed by atoms with Crippen LogP contribution in [0.1, 0.15) is 5.56 Å². The molecule has 0 amide bonds. The van der Waals surface area contributed by atoms with Gasteiger partial charge in [-0.1, -0.05) is 35.4 Å². The molecule has 0 fully saturated rings. The molecule has 0 bridgehead atoms. The Hall–Kier alpha value is -0.370. The van der Waals surface area contributed by atoms with Crippen LogP contribution in [-0.2, 0) is 0 Å². The van der Waals surface area contributed by atoms with E-state index in [0.29, 0.717) is 21.6 Å². The molecule has 0 heterocycles. The maximum absolute atomic E-state index is 5.90. The maximum Gasteiger partial charge on any atom is 0.0642 e. The van der Waals surface area contributed by atoms with Crippen LogP contribution in [0.15, 0.2) is 18.2 Å². The van der Waals surface area contributed by atoms with Gasteiger partial charge in [-0.15, -0.1) is 11.6 Å². The molecule has 1 aromatic carbocycles. The van der Waals surface area contributed by atoms with E-state index < -0.39 is 0 Å². The van der Waals surface area contributed by atoms with Crippen LogP contribution in [0.25, 0.3) is 6.08 Å². The molecule has 0 spiro atoms. The fraction of sp³-hybridized carbons (Fsp3) is 0.111. The Morgan fingerprint density at radius 3 is 2.54 bits per heavy atom. The third-order valence-electron chi connectivity index (χ3n) is 1.50. The molecule has 0 aliphatic rings. The summed E-state index contributed by atoms with van der Waals surface area (Å²) < 4.78 is 0. The predicted octanol–water partition coefficient (Wildman–Crippen LogP) is 3.83. The highest BCUT2D eigenvalue weighted by Crippen LogP contribution is 2.27. The van der Waals surface area contributed by atoms with Crippen molar-refractivity contribution in [2.45, 2.75) is 0 Å². The molecule has 13 heavy (non-hydrogen) atoms. The number of rotatable bonds is 2. The standard InChI is InChI=1S/C9H8Cl3N/c10-3-1-2-6-4-8(12)9(13)5-7(6)11/h1-2,4-5H,3,13H2. The summed E-state index contributed by atoms with van der Waals surface area (Å²) in [5.74, 6) is 0.443. The SMILES string of the molecule is Nc1cc(Cl)c(C=CCCl)cc1Cl. The summed E-state index contributed by atoms with van der Waals surface area (Å²) in [6.07, 6.45) is 3.59. The molecule has 0 aromatic heterocycles.